The first-order valence-electron chi connectivity index (χ1n) is 13.1. The maximum atomic E-state index is 13.0. The maximum Gasteiger partial charge on any atom is 0.240 e. The third-order valence-electron chi connectivity index (χ3n) is 7.42. The van der Waals surface area contributed by atoms with E-state index in [1.54, 1.807) is 21.9 Å². The molecule has 3 fully saturated rings. The van der Waals surface area contributed by atoms with Crippen LogP contribution in [0.2, 0.25) is 0 Å². The second kappa shape index (κ2) is 11.1. The molecule has 1 aromatic rings. The Morgan fingerprint density at radius 2 is 1.73 bits per heavy atom. The van der Waals surface area contributed by atoms with E-state index in [9.17, 15) is 22.8 Å². The zero-order valence-electron chi connectivity index (χ0n) is 21.9. The molecule has 2 atom stereocenters. The second-order valence-electron chi connectivity index (χ2n) is 11.2. The molecule has 2 N–H and O–H groups in total. The lowest BCUT2D eigenvalue weighted by atomic mass is 9.94. The SMILES string of the molecule is CC(C)(C)N1CC(C(=O)N2CCC(C(=O)Nc3ccc(S(=O)(=O)NCC4CCCO4)cc3)CC2)CC1=O. The van der Waals surface area contributed by atoms with Crippen LogP contribution < -0.4 is 10.0 Å². The predicted molar refractivity (Wildman–Crippen MR) is 138 cm³/mol. The number of carbonyl (C=O) groups is 3. The Bertz CT molecular complexity index is 1100. The van der Waals surface area contributed by atoms with Crippen molar-refractivity contribution in [1.29, 1.82) is 0 Å². The van der Waals surface area contributed by atoms with Crippen molar-refractivity contribution >= 4 is 33.4 Å². The van der Waals surface area contributed by atoms with E-state index in [2.05, 4.69) is 10.0 Å². The van der Waals surface area contributed by atoms with Gasteiger partial charge < -0.3 is 19.9 Å². The minimum atomic E-state index is -3.65. The van der Waals surface area contributed by atoms with Crippen LogP contribution in [0.4, 0.5) is 5.69 Å². The molecule has 3 amide bonds. The van der Waals surface area contributed by atoms with E-state index < -0.39 is 10.0 Å². The quantitative estimate of drug-likeness (QED) is 0.551. The number of hydrogen-bond acceptors (Lipinski definition) is 6. The predicted octanol–water partition coefficient (Wildman–Crippen LogP) is 1.97. The van der Waals surface area contributed by atoms with E-state index in [4.69, 9.17) is 4.74 Å². The summed E-state index contributed by atoms with van der Waals surface area (Å²) in [7, 11) is -3.65. The van der Waals surface area contributed by atoms with E-state index >= 15 is 0 Å². The van der Waals surface area contributed by atoms with Crippen molar-refractivity contribution in [2.24, 2.45) is 11.8 Å². The van der Waals surface area contributed by atoms with E-state index in [-0.39, 0.29) is 59.1 Å². The molecule has 3 heterocycles. The Morgan fingerprint density at radius 1 is 1.05 bits per heavy atom. The number of benzene rings is 1. The number of piperidine rings is 1. The lowest BCUT2D eigenvalue weighted by Crippen LogP contribution is -2.46. The van der Waals surface area contributed by atoms with Gasteiger partial charge in [0.05, 0.1) is 16.9 Å². The molecule has 0 aliphatic carbocycles. The van der Waals surface area contributed by atoms with E-state index in [0.29, 0.717) is 44.8 Å². The molecule has 0 aromatic heterocycles. The molecule has 3 aliphatic rings. The van der Waals surface area contributed by atoms with Crippen molar-refractivity contribution in [3.8, 4) is 0 Å². The van der Waals surface area contributed by atoms with Gasteiger partial charge in [-0.3, -0.25) is 14.4 Å². The molecule has 4 rings (SSSR count). The Labute approximate surface area is 219 Å². The number of nitrogens with zero attached hydrogens (tertiary/aromatic N) is 2. The third-order valence-corrected chi connectivity index (χ3v) is 8.86. The van der Waals surface area contributed by atoms with Crippen LogP contribution in [0.25, 0.3) is 0 Å². The van der Waals surface area contributed by atoms with Crippen LogP contribution in [0.5, 0.6) is 0 Å². The van der Waals surface area contributed by atoms with Crippen LogP contribution in [-0.2, 0) is 29.1 Å². The van der Waals surface area contributed by atoms with Gasteiger partial charge in [-0.25, -0.2) is 13.1 Å². The number of rotatable bonds is 7. The molecular weight excluding hydrogens is 496 g/mol. The molecule has 10 nitrogen and oxygen atoms in total. The van der Waals surface area contributed by atoms with Crippen LogP contribution in [-0.4, -0.2) is 80.4 Å². The number of hydrogen-bond donors (Lipinski definition) is 2. The number of likely N-dealkylation sites (tertiary alicyclic amines) is 2. The number of nitrogens with one attached hydrogen (secondary N) is 2. The van der Waals surface area contributed by atoms with Crippen molar-refractivity contribution in [3.63, 3.8) is 0 Å². The summed E-state index contributed by atoms with van der Waals surface area (Å²) >= 11 is 0. The Balaban J connectivity index is 1.24. The molecule has 2 unspecified atom stereocenters. The first-order valence-corrected chi connectivity index (χ1v) is 14.5. The largest absolute Gasteiger partial charge is 0.377 e. The van der Waals surface area contributed by atoms with E-state index in [0.717, 1.165) is 12.8 Å². The topological polar surface area (TPSA) is 125 Å². The van der Waals surface area contributed by atoms with Crippen molar-refractivity contribution in [3.05, 3.63) is 24.3 Å². The number of carbonyl (C=O) groups excluding carboxylic acids is 3. The summed E-state index contributed by atoms with van der Waals surface area (Å²) in [5.41, 5.74) is 0.217. The average molecular weight is 535 g/mol. The van der Waals surface area contributed by atoms with Crippen LogP contribution >= 0.6 is 0 Å². The standard InChI is InChI=1S/C26H38N4O6S/c1-26(2,3)30-17-19(15-23(30)31)25(33)29-12-10-18(11-13-29)24(32)28-20-6-8-22(9-7-20)37(34,35)27-16-21-5-4-14-36-21/h6-9,18-19,21,27H,4-5,10-17H2,1-3H3,(H,28,32). The fourth-order valence-corrected chi connectivity index (χ4v) is 6.26. The molecule has 37 heavy (non-hydrogen) atoms. The maximum absolute atomic E-state index is 13.0. The van der Waals surface area contributed by atoms with Crippen LogP contribution in [0, 0.1) is 11.8 Å². The fraction of sp³-hybridized carbons (Fsp3) is 0.654. The van der Waals surface area contributed by atoms with Gasteiger partial charge in [0, 0.05) is 56.4 Å². The summed E-state index contributed by atoms with van der Waals surface area (Å²) in [6.07, 6.45) is 3.02. The van der Waals surface area contributed by atoms with Gasteiger partial charge in [0.15, 0.2) is 0 Å². The van der Waals surface area contributed by atoms with E-state index in [1.807, 2.05) is 20.8 Å². The molecular formula is C26H38N4O6S. The Kier molecular flexibility index (Phi) is 8.25. The van der Waals surface area contributed by atoms with Crippen LogP contribution in [0.1, 0.15) is 52.9 Å². The lowest BCUT2D eigenvalue weighted by molar-refractivity contribution is -0.138. The average Bonchev–Trinajstić information content (AvgIpc) is 3.52. The molecule has 0 bridgehead atoms. The highest BCUT2D eigenvalue weighted by Gasteiger charge is 2.41. The summed E-state index contributed by atoms with van der Waals surface area (Å²) in [5.74, 6) is -0.709. The zero-order valence-corrected chi connectivity index (χ0v) is 22.7. The molecule has 0 saturated carbocycles. The van der Waals surface area contributed by atoms with Crippen molar-refractivity contribution in [2.45, 2.75) is 69.4 Å². The highest BCUT2D eigenvalue weighted by Crippen LogP contribution is 2.29. The highest BCUT2D eigenvalue weighted by atomic mass is 32.2. The van der Waals surface area contributed by atoms with Crippen LogP contribution in [0.3, 0.4) is 0 Å². The van der Waals surface area contributed by atoms with Gasteiger partial charge in [0.2, 0.25) is 27.7 Å². The van der Waals surface area contributed by atoms with Crippen LogP contribution in [0.15, 0.2) is 29.2 Å². The highest BCUT2D eigenvalue weighted by molar-refractivity contribution is 7.89. The summed E-state index contributed by atoms with van der Waals surface area (Å²) in [6, 6.07) is 6.10. The minimum Gasteiger partial charge on any atom is -0.377 e. The summed E-state index contributed by atoms with van der Waals surface area (Å²) in [4.78, 5) is 41.9. The summed E-state index contributed by atoms with van der Waals surface area (Å²) in [5, 5.41) is 2.87. The van der Waals surface area contributed by atoms with Gasteiger partial charge in [-0.1, -0.05) is 0 Å². The number of ether oxygens (including phenoxy) is 1. The van der Waals surface area contributed by atoms with Crippen molar-refractivity contribution < 1.29 is 27.5 Å². The lowest BCUT2D eigenvalue weighted by Gasteiger charge is -2.34. The van der Waals surface area contributed by atoms with Gasteiger partial charge in [-0.2, -0.15) is 0 Å². The molecule has 11 heteroatoms. The summed E-state index contributed by atoms with van der Waals surface area (Å²) in [6.45, 7) is 8.21. The second-order valence-corrected chi connectivity index (χ2v) is 12.9. The van der Waals surface area contributed by atoms with Crippen molar-refractivity contribution in [2.75, 3.05) is 38.1 Å². The first-order chi connectivity index (χ1) is 17.4. The van der Waals surface area contributed by atoms with E-state index in [1.165, 1.54) is 12.1 Å². The molecule has 0 radical (unpaired) electrons. The monoisotopic (exact) mass is 534 g/mol. The summed E-state index contributed by atoms with van der Waals surface area (Å²) < 4.78 is 33.1. The van der Waals surface area contributed by atoms with Gasteiger partial charge in [0.25, 0.3) is 0 Å². The molecule has 3 aliphatic heterocycles. The number of sulfonamides is 1. The molecule has 0 spiro atoms. The van der Waals surface area contributed by atoms with Gasteiger partial charge in [-0.15, -0.1) is 0 Å². The van der Waals surface area contributed by atoms with Gasteiger partial charge in [0.1, 0.15) is 0 Å². The Morgan fingerprint density at radius 3 is 2.30 bits per heavy atom. The van der Waals surface area contributed by atoms with Gasteiger partial charge >= 0.3 is 0 Å². The van der Waals surface area contributed by atoms with Gasteiger partial charge in [-0.05, 0) is 70.7 Å². The minimum absolute atomic E-state index is 0.0103. The number of amides is 3. The zero-order chi connectivity index (χ0) is 26.8. The molecule has 1 aromatic carbocycles. The molecule has 204 valence electrons. The number of anilines is 1. The smallest absolute Gasteiger partial charge is 0.240 e. The fourth-order valence-electron chi connectivity index (χ4n) is 5.19. The Hall–Kier alpha value is -2.50. The first kappa shape index (κ1) is 27.5. The normalized spacial score (nSPS) is 23.5. The molecule has 3 saturated heterocycles. The third kappa shape index (κ3) is 6.69. The van der Waals surface area contributed by atoms with Crippen molar-refractivity contribution in [1.82, 2.24) is 14.5 Å².